The molecular weight excluding hydrogens is 378 g/mol. The van der Waals surface area contributed by atoms with E-state index in [-0.39, 0.29) is 17.3 Å². The standard InChI is InChI=1S/C20H23N3O4S/c1-17-7-9-19(10-8-17)28(26,27)23(18-5-3-2-4-6-18)15-20(25)22-13-11-21(16-24)12-14-22/h2-10,16H,11-15H2,1H3. The molecule has 3 rings (SSSR count). The van der Waals surface area contributed by atoms with Gasteiger partial charge in [0.25, 0.3) is 10.0 Å². The van der Waals surface area contributed by atoms with Crippen molar-refractivity contribution in [2.45, 2.75) is 11.8 Å². The lowest BCUT2D eigenvalue weighted by molar-refractivity contribution is -0.133. The Morgan fingerprint density at radius 2 is 1.61 bits per heavy atom. The molecule has 1 aliphatic rings. The minimum atomic E-state index is -3.90. The van der Waals surface area contributed by atoms with E-state index >= 15 is 0 Å². The number of carbonyl (C=O) groups excluding carboxylic acids is 2. The van der Waals surface area contributed by atoms with Crippen molar-refractivity contribution in [1.29, 1.82) is 0 Å². The van der Waals surface area contributed by atoms with Gasteiger partial charge < -0.3 is 9.80 Å². The Kier molecular flexibility index (Phi) is 5.99. The summed E-state index contributed by atoms with van der Waals surface area (Å²) < 4.78 is 27.7. The van der Waals surface area contributed by atoms with E-state index < -0.39 is 10.0 Å². The minimum Gasteiger partial charge on any atom is -0.342 e. The van der Waals surface area contributed by atoms with Crippen LogP contribution in [-0.4, -0.2) is 63.3 Å². The van der Waals surface area contributed by atoms with Gasteiger partial charge in [-0.25, -0.2) is 8.42 Å². The topological polar surface area (TPSA) is 78.0 Å². The molecule has 1 fully saturated rings. The molecule has 0 aromatic heterocycles. The highest BCUT2D eigenvalue weighted by atomic mass is 32.2. The fraction of sp³-hybridized carbons (Fsp3) is 0.300. The molecule has 1 saturated heterocycles. The fourth-order valence-corrected chi connectivity index (χ4v) is 4.46. The molecule has 1 heterocycles. The maximum absolute atomic E-state index is 13.3. The highest BCUT2D eigenvalue weighted by Crippen LogP contribution is 2.24. The van der Waals surface area contributed by atoms with Crippen molar-refractivity contribution >= 4 is 28.0 Å². The highest BCUT2D eigenvalue weighted by Gasteiger charge is 2.29. The van der Waals surface area contributed by atoms with Gasteiger partial charge in [-0.1, -0.05) is 35.9 Å². The van der Waals surface area contributed by atoms with Gasteiger partial charge in [-0.2, -0.15) is 0 Å². The first kappa shape index (κ1) is 19.9. The molecule has 0 aliphatic carbocycles. The lowest BCUT2D eigenvalue weighted by Crippen LogP contribution is -2.51. The SMILES string of the molecule is Cc1ccc(S(=O)(=O)N(CC(=O)N2CCN(C=O)CC2)c2ccccc2)cc1. The second kappa shape index (κ2) is 8.43. The fourth-order valence-electron chi connectivity index (χ4n) is 3.05. The van der Waals surface area contributed by atoms with Crippen molar-refractivity contribution in [1.82, 2.24) is 9.80 Å². The first-order chi connectivity index (χ1) is 13.4. The van der Waals surface area contributed by atoms with Crippen LogP contribution in [0.3, 0.4) is 0 Å². The predicted octanol–water partition coefficient (Wildman–Crippen LogP) is 1.49. The van der Waals surface area contributed by atoms with Crippen LogP contribution in [0.2, 0.25) is 0 Å². The molecule has 0 atom stereocenters. The molecule has 148 valence electrons. The summed E-state index contributed by atoms with van der Waals surface area (Å²) in [7, 11) is -3.90. The average molecular weight is 401 g/mol. The zero-order valence-electron chi connectivity index (χ0n) is 15.7. The zero-order chi connectivity index (χ0) is 20.1. The van der Waals surface area contributed by atoms with Crippen LogP contribution in [0.1, 0.15) is 5.56 Å². The van der Waals surface area contributed by atoms with E-state index in [1.807, 2.05) is 6.92 Å². The Labute approximate surface area is 165 Å². The molecule has 0 unspecified atom stereocenters. The molecule has 2 aromatic rings. The first-order valence-corrected chi connectivity index (χ1v) is 10.5. The lowest BCUT2D eigenvalue weighted by atomic mass is 10.2. The summed E-state index contributed by atoms with van der Waals surface area (Å²) in [6, 6.07) is 15.2. The van der Waals surface area contributed by atoms with Crippen molar-refractivity contribution in [3.05, 3.63) is 60.2 Å². The number of anilines is 1. The third-order valence-electron chi connectivity index (χ3n) is 4.75. The van der Waals surface area contributed by atoms with Gasteiger partial charge in [0.1, 0.15) is 6.54 Å². The third kappa shape index (κ3) is 4.33. The van der Waals surface area contributed by atoms with Crippen LogP contribution in [0.5, 0.6) is 0 Å². The summed E-state index contributed by atoms with van der Waals surface area (Å²) in [6.45, 7) is 3.28. The number of carbonyl (C=O) groups is 2. The molecule has 0 radical (unpaired) electrons. The van der Waals surface area contributed by atoms with Crippen molar-refractivity contribution < 1.29 is 18.0 Å². The molecule has 7 nitrogen and oxygen atoms in total. The lowest BCUT2D eigenvalue weighted by Gasteiger charge is -2.34. The number of aryl methyl sites for hydroxylation is 1. The van der Waals surface area contributed by atoms with Crippen molar-refractivity contribution in [2.24, 2.45) is 0 Å². The molecule has 0 saturated carbocycles. The Hall–Kier alpha value is -2.87. The second-order valence-electron chi connectivity index (χ2n) is 6.68. The van der Waals surface area contributed by atoms with Gasteiger partial charge in [0, 0.05) is 26.2 Å². The highest BCUT2D eigenvalue weighted by molar-refractivity contribution is 7.92. The summed E-state index contributed by atoms with van der Waals surface area (Å²) in [5.74, 6) is -0.287. The van der Waals surface area contributed by atoms with Gasteiger partial charge in [-0.3, -0.25) is 13.9 Å². The van der Waals surface area contributed by atoms with Crippen LogP contribution in [0.4, 0.5) is 5.69 Å². The summed E-state index contributed by atoms with van der Waals surface area (Å²) in [5, 5.41) is 0. The maximum atomic E-state index is 13.3. The summed E-state index contributed by atoms with van der Waals surface area (Å²) >= 11 is 0. The number of hydrogen-bond donors (Lipinski definition) is 0. The van der Waals surface area contributed by atoms with E-state index in [0.717, 1.165) is 16.3 Å². The zero-order valence-corrected chi connectivity index (χ0v) is 16.5. The molecule has 8 heteroatoms. The largest absolute Gasteiger partial charge is 0.342 e. The normalized spacial score (nSPS) is 14.6. The number of sulfonamides is 1. The van der Waals surface area contributed by atoms with Crippen LogP contribution >= 0.6 is 0 Å². The van der Waals surface area contributed by atoms with E-state index in [4.69, 9.17) is 0 Å². The number of nitrogens with zero attached hydrogens (tertiary/aromatic N) is 3. The van der Waals surface area contributed by atoms with Gasteiger partial charge in [0.05, 0.1) is 10.6 Å². The van der Waals surface area contributed by atoms with Gasteiger partial charge in [-0.15, -0.1) is 0 Å². The predicted molar refractivity (Wildman–Crippen MR) is 106 cm³/mol. The second-order valence-corrected chi connectivity index (χ2v) is 8.54. The van der Waals surface area contributed by atoms with Gasteiger partial charge >= 0.3 is 0 Å². The molecule has 2 amide bonds. The number of amides is 2. The van der Waals surface area contributed by atoms with Crippen LogP contribution in [0.15, 0.2) is 59.5 Å². The molecular formula is C20H23N3O4S. The molecule has 2 aromatic carbocycles. The smallest absolute Gasteiger partial charge is 0.264 e. The van der Waals surface area contributed by atoms with Crippen LogP contribution in [0.25, 0.3) is 0 Å². The van der Waals surface area contributed by atoms with Gasteiger partial charge in [-0.05, 0) is 31.2 Å². The monoisotopic (exact) mass is 401 g/mol. The Balaban J connectivity index is 1.87. The van der Waals surface area contributed by atoms with Crippen LogP contribution in [0, 0.1) is 6.92 Å². The Morgan fingerprint density at radius 1 is 1.00 bits per heavy atom. The number of hydrogen-bond acceptors (Lipinski definition) is 4. The van der Waals surface area contributed by atoms with Gasteiger partial charge in [0.15, 0.2) is 0 Å². The summed E-state index contributed by atoms with van der Waals surface area (Å²) in [5.41, 5.74) is 1.39. The molecule has 0 spiro atoms. The van der Waals surface area contributed by atoms with E-state index in [1.54, 1.807) is 64.4 Å². The number of piperazine rings is 1. The van der Waals surface area contributed by atoms with E-state index in [2.05, 4.69) is 0 Å². The van der Waals surface area contributed by atoms with Crippen molar-refractivity contribution in [2.75, 3.05) is 37.0 Å². The quantitative estimate of drug-likeness (QED) is 0.687. The maximum Gasteiger partial charge on any atom is 0.264 e. The summed E-state index contributed by atoms with van der Waals surface area (Å²) in [6.07, 6.45) is 0.764. The van der Waals surface area contributed by atoms with Gasteiger partial charge in [0.2, 0.25) is 12.3 Å². The molecule has 28 heavy (non-hydrogen) atoms. The Bertz CT molecular complexity index is 922. The first-order valence-electron chi connectivity index (χ1n) is 9.03. The average Bonchev–Trinajstić information content (AvgIpc) is 2.72. The molecule has 0 N–H and O–H groups in total. The number of rotatable bonds is 6. The van der Waals surface area contributed by atoms with Crippen molar-refractivity contribution in [3.8, 4) is 0 Å². The number of benzene rings is 2. The molecule has 0 bridgehead atoms. The molecule has 1 aliphatic heterocycles. The van der Waals surface area contributed by atoms with E-state index in [1.165, 1.54) is 0 Å². The third-order valence-corrected chi connectivity index (χ3v) is 6.54. The Morgan fingerprint density at radius 3 is 2.18 bits per heavy atom. The van der Waals surface area contributed by atoms with Crippen LogP contribution in [-0.2, 0) is 19.6 Å². The van der Waals surface area contributed by atoms with E-state index in [9.17, 15) is 18.0 Å². The van der Waals surface area contributed by atoms with Crippen molar-refractivity contribution in [3.63, 3.8) is 0 Å². The van der Waals surface area contributed by atoms with Crippen LogP contribution < -0.4 is 4.31 Å². The summed E-state index contributed by atoms with van der Waals surface area (Å²) in [4.78, 5) is 27.0. The van der Waals surface area contributed by atoms with E-state index in [0.29, 0.717) is 31.9 Å². The number of para-hydroxylation sites is 1. The minimum absolute atomic E-state index is 0.139.